The Labute approximate surface area is 177 Å². The summed E-state index contributed by atoms with van der Waals surface area (Å²) in [6, 6.07) is 10.8. The Hall–Kier alpha value is -3.17. The van der Waals surface area contributed by atoms with E-state index in [2.05, 4.69) is 0 Å². The van der Waals surface area contributed by atoms with Gasteiger partial charge in [-0.15, -0.1) is 0 Å². The zero-order chi connectivity index (χ0) is 21.1. The number of benzene rings is 2. The molecule has 0 aliphatic heterocycles. The average Bonchev–Trinajstić information content (AvgIpc) is 2.69. The van der Waals surface area contributed by atoms with E-state index in [0.29, 0.717) is 24.3 Å². The first-order valence-corrected chi connectivity index (χ1v) is 8.27. The maximum atomic E-state index is 11.1. The van der Waals surface area contributed by atoms with Gasteiger partial charge in [-0.2, -0.15) is 0 Å². The predicted molar refractivity (Wildman–Crippen MR) is 93.5 cm³/mol. The first-order valence-electron chi connectivity index (χ1n) is 8.27. The quantitative estimate of drug-likeness (QED) is 0.586. The molecule has 0 bridgehead atoms. The van der Waals surface area contributed by atoms with Crippen LogP contribution in [-0.4, -0.2) is 37.1 Å². The van der Waals surface area contributed by atoms with Gasteiger partial charge in [0.2, 0.25) is 0 Å². The minimum absolute atomic E-state index is 0. The van der Waals surface area contributed by atoms with Gasteiger partial charge in [0, 0.05) is 0 Å². The molecule has 1 radical (unpaired) electrons. The fourth-order valence-electron chi connectivity index (χ4n) is 1.91. The van der Waals surface area contributed by atoms with Crippen LogP contribution in [-0.2, 0) is 26.3 Å². The van der Waals surface area contributed by atoms with Gasteiger partial charge in [-0.25, -0.2) is 9.59 Å². The van der Waals surface area contributed by atoms with E-state index >= 15 is 0 Å². The molecule has 0 amide bonds. The number of carboxylic acids is 2. The summed E-state index contributed by atoms with van der Waals surface area (Å²) >= 11 is 0. The number of rotatable bonds is 6. The second kappa shape index (κ2) is 13.1. The van der Waals surface area contributed by atoms with Gasteiger partial charge in [0.15, 0.2) is 0 Å². The van der Waals surface area contributed by atoms with Crippen LogP contribution in [0.1, 0.15) is 55.3 Å². The minimum atomic E-state index is -1.26. The van der Waals surface area contributed by atoms with Crippen molar-refractivity contribution in [1.29, 1.82) is 0 Å². The standard InChI is InChI=1S/2C10H10O4.Co/c2*1-2-14-10(13)8-5-3-7(4-6-8)9(11)12;/h2*3-6H,2H2,1H3,(H,11,12);/q;;+2/p-2. The number of hydrogen-bond donors (Lipinski definition) is 0. The molecule has 0 atom stereocenters. The van der Waals surface area contributed by atoms with Gasteiger partial charge in [-0.05, 0) is 49.2 Å². The van der Waals surface area contributed by atoms with E-state index in [4.69, 9.17) is 9.47 Å². The Morgan fingerprint density at radius 1 is 0.621 bits per heavy atom. The third-order valence-corrected chi connectivity index (χ3v) is 3.26. The van der Waals surface area contributed by atoms with Gasteiger partial charge >= 0.3 is 28.7 Å². The van der Waals surface area contributed by atoms with E-state index in [1.165, 1.54) is 48.5 Å². The molecule has 29 heavy (non-hydrogen) atoms. The second-order valence-electron chi connectivity index (χ2n) is 5.17. The normalized spacial score (nSPS) is 9.17. The van der Waals surface area contributed by atoms with Crippen molar-refractivity contribution in [3.63, 3.8) is 0 Å². The van der Waals surface area contributed by atoms with Crippen LogP contribution in [0.15, 0.2) is 48.5 Å². The number of carboxylic acid groups (broad SMARTS) is 2. The van der Waals surface area contributed by atoms with E-state index in [0.717, 1.165) is 0 Å². The Bertz CT molecular complexity index is 757. The molecule has 2 rings (SSSR count). The molecule has 9 heteroatoms. The number of carbonyl (C=O) groups excluding carboxylic acids is 4. The molecule has 155 valence electrons. The van der Waals surface area contributed by atoms with E-state index in [-0.39, 0.29) is 27.9 Å². The van der Waals surface area contributed by atoms with Crippen LogP contribution in [0.4, 0.5) is 0 Å². The fraction of sp³-hybridized carbons (Fsp3) is 0.200. The molecule has 0 spiro atoms. The van der Waals surface area contributed by atoms with E-state index in [1.807, 2.05) is 0 Å². The Kier molecular flexibility index (Phi) is 11.6. The van der Waals surface area contributed by atoms with Crippen molar-refractivity contribution < 1.29 is 55.6 Å². The van der Waals surface area contributed by atoms with E-state index in [9.17, 15) is 29.4 Å². The molecular formula is C20H18CoO8. The van der Waals surface area contributed by atoms with Crippen LogP contribution < -0.4 is 10.2 Å². The first kappa shape index (κ1) is 25.8. The molecule has 8 nitrogen and oxygen atoms in total. The summed E-state index contributed by atoms with van der Waals surface area (Å²) in [5.41, 5.74) is 0.741. The van der Waals surface area contributed by atoms with Crippen LogP contribution in [0, 0.1) is 0 Å². The van der Waals surface area contributed by atoms with Crippen molar-refractivity contribution in [2.75, 3.05) is 13.2 Å². The summed E-state index contributed by atoms with van der Waals surface area (Å²) in [7, 11) is 0. The smallest absolute Gasteiger partial charge is 0.545 e. The molecule has 0 heterocycles. The van der Waals surface area contributed by atoms with Crippen molar-refractivity contribution in [2.24, 2.45) is 0 Å². The summed E-state index contributed by atoms with van der Waals surface area (Å²) in [6.07, 6.45) is 0. The molecule has 2 aromatic rings. The van der Waals surface area contributed by atoms with Gasteiger partial charge in [0.25, 0.3) is 0 Å². The van der Waals surface area contributed by atoms with Gasteiger partial charge < -0.3 is 29.3 Å². The van der Waals surface area contributed by atoms with Gasteiger partial charge in [-0.1, -0.05) is 24.3 Å². The molecule has 2 aromatic carbocycles. The van der Waals surface area contributed by atoms with Crippen molar-refractivity contribution in [2.45, 2.75) is 13.8 Å². The van der Waals surface area contributed by atoms with E-state index in [1.54, 1.807) is 13.8 Å². The minimum Gasteiger partial charge on any atom is -0.545 e. The maximum Gasteiger partial charge on any atom is 2.00 e. The number of esters is 2. The van der Waals surface area contributed by atoms with Gasteiger partial charge in [0.05, 0.1) is 36.3 Å². The van der Waals surface area contributed by atoms with Crippen LogP contribution in [0.5, 0.6) is 0 Å². The SMILES string of the molecule is CCOC(=O)c1ccc(C(=O)[O-])cc1.CCOC(=O)c1ccc(C(=O)[O-])cc1.[Co+2]. The average molecular weight is 445 g/mol. The number of ether oxygens (including phenoxy) is 2. The van der Waals surface area contributed by atoms with Gasteiger partial charge in [-0.3, -0.25) is 0 Å². The largest absolute Gasteiger partial charge is 2.00 e. The molecule has 0 aliphatic rings. The van der Waals surface area contributed by atoms with Crippen molar-refractivity contribution in [3.05, 3.63) is 70.8 Å². The molecule has 0 unspecified atom stereocenters. The number of hydrogen-bond acceptors (Lipinski definition) is 8. The van der Waals surface area contributed by atoms with Gasteiger partial charge in [0.1, 0.15) is 0 Å². The predicted octanol–water partition coefficient (Wildman–Crippen LogP) is 0.451. The molecule has 0 aromatic heterocycles. The van der Waals surface area contributed by atoms with E-state index < -0.39 is 23.9 Å². The summed E-state index contributed by atoms with van der Waals surface area (Å²) < 4.78 is 9.45. The third-order valence-electron chi connectivity index (χ3n) is 3.26. The maximum absolute atomic E-state index is 11.1. The van der Waals surface area contributed by atoms with Crippen LogP contribution in [0.25, 0.3) is 0 Å². The fourth-order valence-corrected chi connectivity index (χ4v) is 1.91. The molecule has 0 saturated heterocycles. The van der Waals surface area contributed by atoms with Crippen LogP contribution in [0.2, 0.25) is 0 Å². The van der Waals surface area contributed by atoms with Crippen LogP contribution >= 0.6 is 0 Å². The zero-order valence-corrected chi connectivity index (χ0v) is 16.7. The van der Waals surface area contributed by atoms with Crippen LogP contribution in [0.3, 0.4) is 0 Å². The van der Waals surface area contributed by atoms with Crippen molar-refractivity contribution >= 4 is 23.9 Å². The Morgan fingerprint density at radius 3 is 1.07 bits per heavy atom. The number of aromatic carboxylic acids is 2. The summed E-state index contributed by atoms with van der Waals surface area (Å²) in [5.74, 6) is -3.45. The summed E-state index contributed by atoms with van der Waals surface area (Å²) in [6.45, 7) is 3.99. The number of carbonyl (C=O) groups is 4. The van der Waals surface area contributed by atoms with Crippen molar-refractivity contribution in [1.82, 2.24) is 0 Å². The first-order chi connectivity index (χ1) is 13.3. The third kappa shape index (κ3) is 8.58. The Morgan fingerprint density at radius 2 is 0.862 bits per heavy atom. The molecule has 0 saturated carbocycles. The topological polar surface area (TPSA) is 133 Å². The Balaban J connectivity index is 0.000000523. The molecule has 0 N–H and O–H groups in total. The molecule has 0 aliphatic carbocycles. The van der Waals surface area contributed by atoms with Crippen molar-refractivity contribution in [3.8, 4) is 0 Å². The summed E-state index contributed by atoms with van der Waals surface area (Å²) in [5, 5.41) is 20.8. The summed E-state index contributed by atoms with van der Waals surface area (Å²) in [4.78, 5) is 43.0. The zero-order valence-electron chi connectivity index (χ0n) is 15.6. The molecule has 0 fully saturated rings. The molecular weight excluding hydrogens is 427 g/mol. The monoisotopic (exact) mass is 445 g/mol. The second-order valence-corrected chi connectivity index (χ2v) is 5.17.